The highest BCUT2D eigenvalue weighted by atomic mass is 16.5. The average molecular weight is 360 g/mol. The van der Waals surface area contributed by atoms with E-state index in [2.05, 4.69) is 20.4 Å². The van der Waals surface area contributed by atoms with E-state index in [0.717, 1.165) is 44.2 Å². The lowest BCUT2D eigenvalue weighted by molar-refractivity contribution is -0.147. The molecule has 0 N–H and O–H groups in total. The molecule has 2 amide bonds. The van der Waals surface area contributed by atoms with Gasteiger partial charge in [-0.05, 0) is 43.4 Å². The van der Waals surface area contributed by atoms with Gasteiger partial charge < -0.3 is 14.5 Å². The maximum Gasteiger partial charge on any atom is 0.232 e. The van der Waals surface area contributed by atoms with Crippen LogP contribution in [0, 0.1) is 22.7 Å². The molecule has 0 unspecified atom stereocenters. The molecule has 2 heterocycles. The van der Waals surface area contributed by atoms with Gasteiger partial charge in [-0.2, -0.15) is 0 Å². The minimum atomic E-state index is -0.363. The van der Waals surface area contributed by atoms with E-state index in [9.17, 15) is 9.59 Å². The molecule has 4 rings (SSSR count). The molecule has 144 valence electrons. The number of likely N-dealkylation sites (tertiary alicyclic amines) is 1. The van der Waals surface area contributed by atoms with Gasteiger partial charge >= 0.3 is 0 Å². The Balaban J connectivity index is 1.47. The minimum Gasteiger partial charge on any atom is -0.378 e. The largest absolute Gasteiger partial charge is 0.378 e. The van der Waals surface area contributed by atoms with E-state index in [1.54, 1.807) is 0 Å². The predicted molar refractivity (Wildman–Crippen MR) is 99.4 cm³/mol. The molecule has 0 aromatic carbocycles. The van der Waals surface area contributed by atoms with Gasteiger partial charge in [0.05, 0.1) is 24.5 Å². The minimum absolute atomic E-state index is 0.0536. The van der Waals surface area contributed by atoms with E-state index in [1.807, 2.05) is 9.80 Å². The number of amides is 2. The third kappa shape index (κ3) is 2.62. The van der Waals surface area contributed by atoms with E-state index in [-0.39, 0.29) is 28.6 Å². The van der Waals surface area contributed by atoms with E-state index in [4.69, 9.17) is 4.74 Å². The van der Waals surface area contributed by atoms with Crippen molar-refractivity contribution in [3.63, 3.8) is 0 Å². The molecule has 4 aliphatic rings. The van der Waals surface area contributed by atoms with Gasteiger partial charge in [0.2, 0.25) is 11.8 Å². The topological polar surface area (TPSA) is 49.9 Å². The Morgan fingerprint density at radius 3 is 2.50 bits per heavy atom. The van der Waals surface area contributed by atoms with Crippen molar-refractivity contribution in [2.75, 3.05) is 39.4 Å². The smallest absolute Gasteiger partial charge is 0.232 e. The van der Waals surface area contributed by atoms with Gasteiger partial charge in [-0.1, -0.05) is 26.0 Å². The van der Waals surface area contributed by atoms with Crippen LogP contribution in [0.15, 0.2) is 12.2 Å². The fourth-order valence-corrected chi connectivity index (χ4v) is 5.83. The lowest BCUT2D eigenvalue weighted by Gasteiger charge is -2.42. The highest BCUT2D eigenvalue weighted by Crippen LogP contribution is 2.66. The van der Waals surface area contributed by atoms with Crippen LogP contribution >= 0.6 is 0 Å². The Labute approximate surface area is 156 Å². The van der Waals surface area contributed by atoms with Crippen LogP contribution in [-0.2, 0) is 14.3 Å². The molecule has 3 atom stereocenters. The molecule has 5 nitrogen and oxygen atoms in total. The first-order valence-corrected chi connectivity index (χ1v) is 10.2. The first-order chi connectivity index (χ1) is 12.4. The van der Waals surface area contributed by atoms with Crippen LogP contribution in [0.25, 0.3) is 0 Å². The highest BCUT2D eigenvalue weighted by Gasteiger charge is 2.61. The number of hydrogen-bond acceptors (Lipinski definition) is 3. The number of nitrogens with zero attached hydrogens (tertiary/aromatic N) is 2. The Bertz CT molecular complexity index is 623. The average Bonchev–Trinajstić information content (AvgIpc) is 3.20. The van der Waals surface area contributed by atoms with Crippen molar-refractivity contribution in [2.45, 2.75) is 46.0 Å². The second-order valence-corrected chi connectivity index (χ2v) is 9.25. The summed E-state index contributed by atoms with van der Waals surface area (Å²) in [7, 11) is 0. The fraction of sp³-hybridized carbons (Fsp3) is 0.810. The predicted octanol–water partition coefficient (Wildman–Crippen LogP) is 2.47. The molecule has 2 saturated heterocycles. The maximum atomic E-state index is 13.5. The maximum absolute atomic E-state index is 13.5. The van der Waals surface area contributed by atoms with Crippen LogP contribution in [0.5, 0.6) is 0 Å². The number of carbonyl (C=O) groups excluding carboxylic acids is 2. The summed E-state index contributed by atoms with van der Waals surface area (Å²) in [6.07, 6.45) is 4.83. The Kier molecular flexibility index (Phi) is 4.41. The van der Waals surface area contributed by atoms with Gasteiger partial charge in [-0.25, -0.2) is 0 Å². The monoisotopic (exact) mass is 360 g/mol. The summed E-state index contributed by atoms with van der Waals surface area (Å²) >= 11 is 0. The van der Waals surface area contributed by atoms with Crippen LogP contribution in [-0.4, -0.2) is 61.0 Å². The quantitative estimate of drug-likeness (QED) is 0.711. The van der Waals surface area contributed by atoms with Crippen LogP contribution in [0.2, 0.25) is 0 Å². The van der Waals surface area contributed by atoms with Gasteiger partial charge in [-0.15, -0.1) is 0 Å². The zero-order valence-electron chi connectivity index (χ0n) is 16.3. The summed E-state index contributed by atoms with van der Waals surface area (Å²) in [6.45, 7) is 12.8. The molecule has 4 fully saturated rings. The number of hydrogen-bond donors (Lipinski definition) is 0. The molecule has 2 aliphatic heterocycles. The number of ether oxygens (including phenoxy) is 1. The highest BCUT2D eigenvalue weighted by molar-refractivity contribution is 5.88. The summed E-state index contributed by atoms with van der Waals surface area (Å²) in [5.41, 5.74) is 0.831. The van der Waals surface area contributed by atoms with E-state index in [1.165, 1.54) is 0 Å². The molecule has 5 heteroatoms. The van der Waals surface area contributed by atoms with E-state index in [0.29, 0.717) is 38.8 Å². The molecule has 0 radical (unpaired) electrons. The lowest BCUT2D eigenvalue weighted by Crippen LogP contribution is -2.52. The number of morpholine rings is 1. The SMILES string of the molecule is C=C1C(C)(C)[C@@H]2CC[C@@]1(C(=O)N1CCC[C@H](C(=O)N3CCOCC3)C1)C2. The summed E-state index contributed by atoms with van der Waals surface area (Å²) in [5, 5.41) is 0. The standard InChI is InChI=1S/C21H32N2O3/c1-15-20(2,3)17-6-7-21(15,13-17)19(25)23-8-4-5-16(14-23)18(24)22-9-11-26-12-10-22/h16-17H,1,4-14H2,2-3H3/t16-,17+,21+/m0/s1. The van der Waals surface area contributed by atoms with Crippen molar-refractivity contribution >= 4 is 11.8 Å². The van der Waals surface area contributed by atoms with Crippen molar-refractivity contribution in [2.24, 2.45) is 22.7 Å². The Morgan fingerprint density at radius 2 is 1.85 bits per heavy atom. The lowest BCUT2D eigenvalue weighted by atomic mass is 9.68. The van der Waals surface area contributed by atoms with E-state index < -0.39 is 0 Å². The molecule has 26 heavy (non-hydrogen) atoms. The molecule has 0 spiro atoms. The van der Waals surface area contributed by atoms with Crippen molar-refractivity contribution in [3.05, 3.63) is 12.2 Å². The normalized spacial score (nSPS) is 36.5. The van der Waals surface area contributed by atoms with Gasteiger partial charge in [0, 0.05) is 26.2 Å². The van der Waals surface area contributed by atoms with Crippen LogP contribution in [0.4, 0.5) is 0 Å². The summed E-state index contributed by atoms with van der Waals surface area (Å²) in [5.74, 6) is 0.977. The molecular formula is C21H32N2O3. The third-order valence-corrected chi connectivity index (χ3v) is 7.68. The summed E-state index contributed by atoms with van der Waals surface area (Å²) in [6, 6.07) is 0. The first-order valence-electron chi connectivity index (χ1n) is 10.2. The molecule has 2 bridgehead atoms. The van der Waals surface area contributed by atoms with Gasteiger partial charge in [0.1, 0.15) is 0 Å². The van der Waals surface area contributed by atoms with Crippen molar-refractivity contribution in [1.29, 1.82) is 0 Å². The van der Waals surface area contributed by atoms with Crippen LogP contribution in [0.1, 0.15) is 46.0 Å². The second-order valence-electron chi connectivity index (χ2n) is 9.25. The summed E-state index contributed by atoms with van der Waals surface area (Å²) < 4.78 is 5.36. The number of carbonyl (C=O) groups is 2. The number of fused-ring (bicyclic) bond motifs is 2. The van der Waals surface area contributed by atoms with E-state index >= 15 is 0 Å². The molecule has 2 aliphatic carbocycles. The van der Waals surface area contributed by atoms with Crippen molar-refractivity contribution < 1.29 is 14.3 Å². The Hall–Kier alpha value is -1.36. The molecule has 0 aromatic rings. The van der Waals surface area contributed by atoms with Crippen LogP contribution < -0.4 is 0 Å². The Morgan fingerprint density at radius 1 is 1.12 bits per heavy atom. The molecule has 0 aromatic heterocycles. The van der Waals surface area contributed by atoms with Crippen LogP contribution in [0.3, 0.4) is 0 Å². The molecule has 2 saturated carbocycles. The van der Waals surface area contributed by atoms with Crippen molar-refractivity contribution in [1.82, 2.24) is 9.80 Å². The zero-order valence-corrected chi connectivity index (χ0v) is 16.3. The van der Waals surface area contributed by atoms with Gasteiger partial charge in [0.15, 0.2) is 0 Å². The fourth-order valence-electron chi connectivity index (χ4n) is 5.83. The van der Waals surface area contributed by atoms with Gasteiger partial charge in [-0.3, -0.25) is 9.59 Å². The molecular weight excluding hydrogens is 328 g/mol. The van der Waals surface area contributed by atoms with Gasteiger partial charge in [0.25, 0.3) is 0 Å². The summed E-state index contributed by atoms with van der Waals surface area (Å²) in [4.78, 5) is 30.3. The third-order valence-electron chi connectivity index (χ3n) is 7.68. The van der Waals surface area contributed by atoms with Crippen molar-refractivity contribution in [3.8, 4) is 0 Å². The number of piperidine rings is 1. The number of rotatable bonds is 2. The first kappa shape index (κ1) is 18.0. The zero-order chi connectivity index (χ0) is 18.5. The second kappa shape index (κ2) is 6.36.